The van der Waals surface area contributed by atoms with Gasteiger partial charge in [0.1, 0.15) is 12.2 Å². The smallest absolute Gasteiger partial charge is 0.310 e. The number of carbonyl (C=O) groups excluding carboxylic acids is 3. The number of aliphatic carboxylic acids is 1. The van der Waals surface area contributed by atoms with Gasteiger partial charge in [-0.15, -0.1) is 0 Å². The number of amides is 2. The third-order valence-corrected chi connectivity index (χ3v) is 1.02. The molecule has 0 heterocycles. The van der Waals surface area contributed by atoms with Crippen molar-refractivity contribution in [1.29, 1.82) is 0 Å². The molecule has 0 aromatic carbocycles. The first-order valence-corrected chi connectivity index (χ1v) is 4.03. The van der Waals surface area contributed by atoms with Crippen molar-refractivity contribution in [3.05, 3.63) is 0 Å². The van der Waals surface area contributed by atoms with Crippen LogP contribution < -0.4 is 11.5 Å². The summed E-state index contributed by atoms with van der Waals surface area (Å²) in [5.41, 5.74) is 9.39. The number of ketones is 1. The molecule has 0 saturated heterocycles. The summed E-state index contributed by atoms with van der Waals surface area (Å²) in [4.78, 5) is 39.3. The summed E-state index contributed by atoms with van der Waals surface area (Å²) >= 11 is 0. The average molecular weight is 218 g/mol. The number of carboxylic acids is 1. The number of primary amides is 2. The lowest BCUT2D eigenvalue weighted by molar-refractivity contribution is -0.139. The molecule has 0 aromatic heterocycles. The molecule has 2 amide bonds. The number of Topliss-reactive ketones (excluding diaryl/α,β-unsaturated/α-hetero) is 1. The van der Waals surface area contributed by atoms with Crippen LogP contribution in [0.15, 0.2) is 0 Å². The summed E-state index contributed by atoms with van der Waals surface area (Å²) in [7, 11) is 0. The molecule has 0 rings (SSSR count). The number of rotatable bonds is 5. The van der Waals surface area contributed by atoms with Crippen LogP contribution in [0.1, 0.15) is 26.2 Å². The van der Waals surface area contributed by atoms with E-state index in [1.807, 2.05) is 0 Å². The van der Waals surface area contributed by atoms with Gasteiger partial charge in [-0.25, -0.2) is 0 Å². The summed E-state index contributed by atoms with van der Waals surface area (Å²) < 4.78 is 0. The van der Waals surface area contributed by atoms with Gasteiger partial charge in [-0.1, -0.05) is 0 Å². The van der Waals surface area contributed by atoms with Gasteiger partial charge in [-0.3, -0.25) is 19.2 Å². The number of carboxylic acid groups (broad SMARTS) is 1. The van der Waals surface area contributed by atoms with E-state index in [0.717, 1.165) is 0 Å². The van der Waals surface area contributed by atoms with Crippen molar-refractivity contribution in [2.45, 2.75) is 26.2 Å². The Morgan fingerprint density at radius 2 is 1.33 bits per heavy atom. The lowest BCUT2D eigenvalue weighted by Gasteiger charge is -1.87. The van der Waals surface area contributed by atoms with Gasteiger partial charge in [-0.2, -0.15) is 0 Å². The third kappa shape index (κ3) is 24.5. The molecular formula is C8H14N2O5. The summed E-state index contributed by atoms with van der Waals surface area (Å²) in [6.07, 6.45) is -0.259. The van der Waals surface area contributed by atoms with Crippen LogP contribution in [-0.2, 0) is 19.2 Å². The Kier molecular flexibility index (Phi) is 8.98. The fourth-order valence-corrected chi connectivity index (χ4v) is 0.459. The van der Waals surface area contributed by atoms with Crippen LogP contribution in [0.3, 0.4) is 0 Å². The summed E-state index contributed by atoms with van der Waals surface area (Å²) in [5.74, 6) is -2.37. The summed E-state index contributed by atoms with van der Waals surface area (Å²) in [6, 6.07) is 0. The van der Waals surface area contributed by atoms with Gasteiger partial charge < -0.3 is 16.6 Å². The van der Waals surface area contributed by atoms with Crippen molar-refractivity contribution in [3.8, 4) is 0 Å². The highest BCUT2D eigenvalue weighted by molar-refractivity contribution is 5.93. The van der Waals surface area contributed by atoms with Crippen molar-refractivity contribution < 1.29 is 24.3 Å². The van der Waals surface area contributed by atoms with Gasteiger partial charge in [0, 0.05) is 12.8 Å². The summed E-state index contributed by atoms with van der Waals surface area (Å²) in [6.45, 7) is 1.24. The molecule has 0 saturated carbocycles. The van der Waals surface area contributed by atoms with E-state index in [1.54, 1.807) is 0 Å². The van der Waals surface area contributed by atoms with Crippen LogP contribution in [-0.4, -0.2) is 28.7 Å². The molecule has 0 aliphatic carbocycles. The van der Waals surface area contributed by atoms with Gasteiger partial charge in [0.05, 0.1) is 0 Å². The van der Waals surface area contributed by atoms with Crippen molar-refractivity contribution in [2.75, 3.05) is 0 Å². The van der Waals surface area contributed by atoms with Gasteiger partial charge in [-0.05, 0) is 6.92 Å². The van der Waals surface area contributed by atoms with Gasteiger partial charge >= 0.3 is 5.97 Å². The van der Waals surface area contributed by atoms with Gasteiger partial charge in [0.25, 0.3) is 0 Å². The molecule has 0 bridgehead atoms. The SMILES string of the molecule is CC(=O)CC(=O)O.NC(=O)CCC(N)=O. The Morgan fingerprint density at radius 1 is 1.00 bits per heavy atom. The zero-order valence-electron chi connectivity index (χ0n) is 8.36. The molecule has 0 radical (unpaired) electrons. The second-order valence-corrected chi connectivity index (χ2v) is 2.71. The fraction of sp³-hybridized carbons (Fsp3) is 0.500. The highest BCUT2D eigenvalue weighted by Crippen LogP contribution is 1.82. The molecule has 0 aromatic rings. The molecule has 0 unspecified atom stereocenters. The molecule has 86 valence electrons. The Labute approximate surface area is 86.4 Å². The average Bonchev–Trinajstić information content (AvgIpc) is 1.99. The number of hydrogen-bond acceptors (Lipinski definition) is 4. The maximum absolute atomic E-state index is 9.92. The van der Waals surface area contributed by atoms with Crippen LogP contribution >= 0.6 is 0 Å². The molecular weight excluding hydrogens is 204 g/mol. The lowest BCUT2D eigenvalue weighted by Crippen LogP contribution is -2.16. The molecule has 15 heavy (non-hydrogen) atoms. The molecule has 5 N–H and O–H groups in total. The molecule has 0 fully saturated rings. The van der Waals surface area contributed by atoms with E-state index in [1.165, 1.54) is 6.92 Å². The topological polar surface area (TPSA) is 141 Å². The van der Waals surface area contributed by atoms with Crippen LogP contribution in [0.25, 0.3) is 0 Å². The quantitative estimate of drug-likeness (QED) is 0.496. The molecule has 0 aliphatic rings. The first-order valence-electron chi connectivity index (χ1n) is 4.03. The van der Waals surface area contributed by atoms with E-state index in [9.17, 15) is 19.2 Å². The molecule has 0 atom stereocenters. The van der Waals surface area contributed by atoms with Crippen molar-refractivity contribution in [2.24, 2.45) is 11.5 Å². The third-order valence-electron chi connectivity index (χ3n) is 1.02. The number of carbonyl (C=O) groups is 4. The van der Waals surface area contributed by atoms with Crippen LogP contribution in [0.2, 0.25) is 0 Å². The first kappa shape index (κ1) is 15.5. The van der Waals surface area contributed by atoms with E-state index in [2.05, 4.69) is 0 Å². The number of hydrogen-bond donors (Lipinski definition) is 3. The van der Waals surface area contributed by atoms with E-state index < -0.39 is 17.8 Å². The molecule has 7 nitrogen and oxygen atoms in total. The maximum Gasteiger partial charge on any atom is 0.310 e. The van der Waals surface area contributed by atoms with Gasteiger partial charge in [0.2, 0.25) is 11.8 Å². The Bertz CT molecular complexity index is 236. The van der Waals surface area contributed by atoms with Crippen LogP contribution in [0.5, 0.6) is 0 Å². The zero-order valence-corrected chi connectivity index (χ0v) is 8.36. The predicted octanol–water partition coefficient (Wildman–Crippen LogP) is -1.21. The predicted molar refractivity (Wildman–Crippen MR) is 50.6 cm³/mol. The van der Waals surface area contributed by atoms with E-state index in [4.69, 9.17) is 16.6 Å². The van der Waals surface area contributed by atoms with E-state index in [0.29, 0.717) is 0 Å². The van der Waals surface area contributed by atoms with E-state index in [-0.39, 0.29) is 25.0 Å². The number of nitrogens with two attached hydrogens (primary N) is 2. The van der Waals surface area contributed by atoms with E-state index >= 15 is 0 Å². The minimum absolute atomic E-state index is 0.0509. The second kappa shape index (κ2) is 8.67. The van der Waals surface area contributed by atoms with Crippen molar-refractivity contribution in [1.82, 2.24) is 0 Å². The van der Waals surface area contributed by atoms with Crippen LogP contribution in [0.4, 0.5) is 0 Å². The van der Waals surface area contributed by atoms with Crippen molar-refractivity contribution >= 4 is 23.6 Å². The lowest BCUT2D eigenvalue weighted by atomic mass is 10.3. The Balaban J connectivity index is 0. The molecule has 7 heteroatoms. The van der Waals surface area contributed by atoms with Crippen molar-refractivity contribution in [3.63, 3.8) is 0 Å². The maximum atomic E-state index is 9.92. The highest BCUT2D eigenvalue weighted by Gasteiger charge is 1.98. The first-order chi connectivity index (χ1) is 6.75. The minimum Gasteiger partial charge on any atom is -0.481 e. The van der Waals surface area contributed by atoms with Gasteiger partial charge in [0.15, 0.2) is 0 Å². The van der Waals surface area contributed by atoms with Crippen LogP contribution in [0, 0.1) is 0 Å². The Hall–Kier alpha value is -1.92. The molecule has 0 aliphatic heterocycles. The second-order valence-electron chi connectivity index (χ2n) is 2.71. The molecule has 0 spiro atoms. The monoisotopic (exact) mass is 218 g/mol. The normalized spacial score (nSPS) is 8.33. The standard InChI is InChI=1S/C4H8N2O2.C4H6O3/c5-3(7)1-2-4(6)8;1-3(5)2-4(6)7/h1-2H2,(H2,5,7)(H2,6,8);2H2,1H3,(H,6,7). The highest BCUT2D eigenvalue weighted by atomic mass is 16.4. The largest absolute Gasteiger partial charge is 0.481 e. The fourth-order valence-electron chi connectivity index (χ4n) is 0.459. The zero-order chi connectivity index (χ0) is 12.4. The Morgan fingerprint density at radius 3 is 1.40 bits per heavy atom. The minimum atomic E-state index is -1.06. The summed E-state index contributed by atoms with van der Waals surface area (Å²) in [5, 5.41) is 7.86.